The maximum absolute atomic E-state index is 5.08. The van der Waals surface area contributed by atoms with E-state index >= 15 is 0 Å². The number of para-hydroxylation sites is 6. The smallest absolute Gasteiger partial charge is 0.292 e. The first-order valence-electron chi connectivity index (χ1n) is 16.1. The maximum Gasteiger partial charge on any atom is 0.292 e. The zero-order chi connectivity index (χ0) is 31.9. The highest BCUT2D eigenvalue weighted by molar-refractivity contribution is 5.84. The van der Waals surface area contributed by atoms with E-state index in [0.29, 0.717) is 0 Å². The zero-order valence-electron chi connectivity index (χ0n) is 26.0. The normalized spacial score (nSPS) is 11.3. The molecule has 0 spiro atoms. The number of hydrogen-bond acceptors (Lipinski definition) is 2. The zero-order valence-corrected chi connectivity index (χ0v) is 26.0. The number of imidazole rings is 2. The summed E-state index contributed by atoms with van der Waals surface area (Å²) in [5.74, 6) is 1.95. The van der Waals surface area contributed by atoms with E-state index in [1.165, 1.54) is 0 Å². The van der Waals surface area contributed by atoms with Crippen LogP contribution in [0.3, 0.4) is 0 Å². The predicted molar refractivity (Wildman–Crippen MR) is 194 cm³/mol. The molecule has 0 unspecified atom stereocenters. The molecule has 226 valence electrons. The Kier molecular flexibility index (Phi) is 6.72. The van der Waals surface area contributed by atoms with Gasteiger partial charge >= 0.3 is 0 Å². The second-order valence-corrected chi connectivity index (χ2v) is 11.8. The Morgan fingerprint density at radius 1 is 0.458 bits per heavy atom. The Labute approximate surface area is 278 Å². The summed E-state index contributed by atoms with van der Waals surface area (Å²) < 4.78 is 4.51. The van der Waals surface area contributed by atoms with Crippen molar-refractivity contribution < 1.29 is 4.57 Å². The molecule has 0 radical (unpaired) electrons. The minimum Gasteiger partial charge on any atom is -0.292 e. The number of aromatic amines is 1. The summed E-state index contributed by atoms with van der Waals surface area (Å²) in [4.78, 5) is 13.8. The van der Waals surface area contributed by atoms with E-state index < -0.39 is 0 Å². The van der Waals surface area contributed by atoms with Gasteiger partial charge in [-0.15, -0.1) is 0 Å². The minimum absolute atomic E-state index is 0.916. The number of nitrogens with one attached hydrogen (secondary N) is 1. The molecule has 0 bridgehead atoms. The van der Waals surface area contributed by atoms with Crippen LogP contribution in [-0.4, -0.2) is 19.5 Å². The lowest BCUT2D eigenvalue weighted by atomic mass is 10.0. The van der Waals surface area contributed by atoms with Gasteiger partial charge in [-0.05, 0) is 72.8 Å². The van der Waals surface area contributed by atoms with Gasteiger partial charge in [-0.2, -0.15) is 4.57 Å². The SMILES string of the molecule is c1ccc(-n2c(-c3ccc(-c4cccc(-c5ccc(-c6[nH]c7ccccc7[n+]6-c6ccccc6)cc5)n4)cc3)nc3ccccc32)cc1. The van der Waals surface area contributed by atoms with E-state index in [1.807, 2.05) is 18.2 Å². The van der Waals surface area contributed by atoms with E-state index in [4.69, 9.17) is 9.97 Å². The lowest BCUT2D eigenvalue weighted by Gasteiger charge is -2.10. The third kappa shape index (κ3) is 4.86. The van der Waals surface area contributed by atoms with Crippen molar-refractivity contribution in [2.45, 2.75) is 0 Å². The summed E-state index contributed by atoms with van der Waals surface area (Å²) in [6.07, 6.45) is 0. The van der Waals surface area contributed by atoms with E-state index in [1.54, 1.807) is 0 Å². The van der Waals surface area contributed by atoms with Crippen LogP contribution in [0.15, 0.2) is 176 Å². The molecule has 3 heterocycles. The van der Waals surface area contributed by atoms with Gasteiger partial charge in [-0.1, -0.05) is 103 Å². The van der Waals surface area contributed by atoms with Gasteiger partial charge in [0, 0.05) is 22.4 Å². The Morgan fingerprint density at radius 2 is 1.04 bits per heavy atom. The molecule has 0 fully saturated rings. The van der Waals surface area contributed by atoms with Crippen LogP contribution in [0.4, 0.5) is 0 Å². The molecule has 5 heteroatoms. The Bertz CT molecular complexity index is 2350. The predicted octanol–water partition coefficient (Wildman–Crippen LogP) is 9.85. The summed E-state index contributed by atoms with van der Waals surface area (Å²) in [5.41, 5.74) is 12.6. The van der Waals surface area contributed by atoms with Crippen molar-refractivity contribution >= 4 is 22.1 Å². The summed E-state index contributed by atoms with van der Waals surface area (Å²) in [7, 11) is 0. The fourth-order valence-electron chi connectivity index (χ4n) is 6.53. The summed E-state index contributed by atoms with van der Waals surface area (Å²) in [6, 6.07) is 61.0. The van der Waals surface area contributed by atoms with Gasteiger partial charge in [0.05, 0.1) is 28.0 Å². The van der Waals surface area contributed by atoms with E-state index in [-0.39, 0.29) is 0 Å². The molecule has 9 rings (SSSR count). The van der Waals surface area contributed by atoms with Crippen molar-refractivity contribution in [2.24, 2.45) is 0 Å². The van der Waals surface area contributed by atoms with E-state index in [2.05, 4.69) is 172 Å². The summed E-state index contributed by atoms with van der Waals surface area (Å²) >= 11 is 0. The molecule has 0 saturated heterocycles. The number of nitrogens with zero attached hydrogens (tertiary/aromatic N) is 4. The van der Waals surface area contributed by atoms with Crippen LogP contribution < -0.4 is 4.57 Å². The van der Waals surface area contributed by atoms with Crippen LogP contribution in [0.25, 0.3) is 78.7 Å². The lowest BCUT2D eigenvalue weighted by molar-refractivity contribution is -0.554. The van der Waals surface area contributed by atoms with Crippen molar-refractivity contribution in [2.75, 3.05) is 0 Å². The Balaban J connectivity index is 1.04. The number of hydrogen-bond donors (Lipinski definition) is 1. The highest BCUT2D eigenvalue weighted by Crippen LogP contribution is 2.31. The van der Waals surface area contributed by atoms with Gasteiger partial charge in [0.25, 0.3) is 5.82 Å². The van der Waals surface area contributed by atoms with Gasteiger partial charge in [0.1, 0.15) is 11.5 Å². The highest BCUT2D eigenvalue weighted by Gasteiger charge is 2.22. The lowest BCUT2D eigenvalue weighted by Crippen LogP contribution is -2.31. The third-order valence-electron chi connectivity index (χ3n) is 8.85. The monoisotopic (exact) mass is 616 g/mol. The van der Waals surface area contributed by atoms with Crippen molar-refractivity contribution in [1.82, 2.24) is 19.5 Å². The molecule has 0 aliphatic rings. The molecule has 0 aliphatic heterocycles. The second-order valence-electron chi connectivity index (χ2n) is 11.8. The van der Waals surface area contributed by atoms with Gasteiger partial charge in [-0.25, -0.2) is 15.0 Å². The molecule has 6 aromatic carbocycles. The van der Waals surface area contributed by atoms with Crippen molar-refractivity contribution in [3.05, 3.63) is 176 Å². The number of pyridine rings is 1. The fraction of sp³-hybridized carbons (Fsp3) is 0. The maximum atomic E-state index is 5.08. The van der Waals surface area contributed by atoms with Crippen molar-refractivity contribution in [1.29, 1.82) is 0 Å². The molecule has 0 saturated carbocycles. The number of fused-ring (bicyclic) bond motifs is 2. The van der Waals surface area contributed by atoms with Crippen LogP contribution >= 0.6 is 0 Å². The van der Waals surface area contributed by atoms with Crippen LogP contribution in [0, 0.1) is 0 Å². The molecule has 5 nitrogen and oxygen atoms in total. The van der Waals surface area contributed by atoms with Crippen LogP contribution in [0.5, 0.6) is 0 Å². The van der Waals surface area contributed by atoms with Gasteiger partial charge in [-0.3, -0.25) is 4.57 Å². The quantitative estimate of drug-likeness (QED) is 0.189. The molecule has 9 aromatic rings. The summed E-state index contributed by atoms with van der Waals surface area (Å²) in [6.45, 7) is 0. The van der Waals surface area contributed by atoms with Crippen molar-refractivity contribution in [3.8, 4) is 56.7 Å². The Morgan fingerprint density at radius 3 is 1.77 bits per heavy atom. The number of rotatable bonds is 6. The third-order valence-corrected chi connectivity index (χ3v) is 8.85. The first kappa shape index (κ1) is 27.7. The molecule has 0 amide bonds. The highest BCUT2D eigenvalue weighted by atomic mass is 15.1. The average molecular weight is 617 g/mol. The average Bonchev–Trinajstić information content (AvgIpc) is 3.75. The second kappa shape index (κ2) is 11.6. The number of H-pyrrole nitrogens is 1. The topological polar surface area (TPSA) is 50.4 Å². The number of benzene rings is 6. The first-order chi connectivity index (χ1) is 23.8. The molecular weight excluding hydrogens is 587 g/mol. The molecule has 0 aliphatic carbocycles. The molecule has 0 atom stereocenters. The van der Waals surface area contributed by atoms with E-state index in [9.17, 15) is 0 Å². The van der Waals surface area contributed by atoms with Crippen LogP contribution in [0.2, 0.25) is 0 Å². The fourth-order valence-corrected chi connectivity index (χ4v) is 6.53. The van der Waals surface area contributed by atoms with Crippen LogP contribution in [-0.2, 0) is 0 Å². The van der Waals surface area contributed by atoms with Gasteiger partial charge in [0.2, 0.25) is 0 Å². The van der Waals surface area contributed by atoms with Crippen molar-refractivity contribution in [3.63, 3.8) is 0 Å². The minimum atomic E-state index is 0.916. The largest absolute Gasteiger partial charge is 0.292 e. The molecular formula is C43H30N5+. The molecule has 3 aromatic heterocycles. The number of aromatic nitrogens is 5. The van der Waals surface area contributed by atoms with Gasteiger partial charge < -0.3 is 0 Å². The molecule has 48 heavy (non-hydrogen) atoms. The van der Waals surface area contributed by atoms with Gasteiger partial charge in [0.15, 0.2) is 11.0 Å². The van der Waals surface area contributed by atoms with Crippen LogP contribution in [0.1, 0.15) is 0 Å². The molecule has 1 N–H and O–H groups in total. The first-order valence-corrected chi connectivity index (χ1v) is 16.1. The summed E-state index contributed by atoms with van der Waals surface area (Å²) in [5, 5.41) is 0. The Hall–Kier alpha value is -6.59. The van der Waals surface area contributed by atoms with E-state index in [0.717, 1.165) is 78.7 Å². The standard InChI is InChI=1S/C43H29N5/c1-3-12-34(13-4-1)47-40-20-9-7-16-38(40)45-42(47)32-26-22-30(23-27-32)36-18-11-19-37(44-36)31-24-28-33(29-25-31)43-46-39-17-8-10-21-41(39)48(43)35-14-5-2-6-15-35/h1-29H/p+1.